The lowest BCUT2D eigenvalue weighted by Crippen LogP contribution is -2.51. The van der Waals surface area contributed by atoms with E-state index >= 15 is 0 Å². The Morgan fingerprint density at radius 3 is 2.45 bits per heavy atom. The summed E-state index contributed by atoms with van der Waals surface area (Å²) in [5, 5.41) is 10.7. The fraction of sp³-hybridized carbons (Fsp3) is 0.395. The van der Waals surface area contributed by atoms with Gasteiger partial charge in [0.25, 0.3) is 11.8 Å². The highest BCUT2D eigenvalue weighted by Gasteiger charge is 2.47. The minimum atomic E-state index is -0.737. The maximum atomic E-state index is 14.5. The van der Waals surface area contributed by atoms with Gasteiger partial charge in [-0.2, -0.15) is 0 Å². The Kier molecular flexibility index (Phi) is 6.98. The number of carbonyl (C=O) groups excluding carboxylic acids is 2. The monoisotopic (exact) mass is 662 g/mol. The lowest BCUT2D eigenvalue weighted by atomic mass is 9.98. The summed E-state index contributed by atoms with van der Waals surface area (Å²) in [6.45, 7) is 3.01. The van der Waals surface area contributed by atoms with E-state index in [1.165, 1.54) is 25.0 Å². The number of aromatic hydroxyl groups is 1. The predicted octanol–water partition coefficient (Wildman–Crippen LogP) is 5.26. The van der Waals surface area contributed by atoms with Crippen LogP contribution in [0.4, 0.5) is 4.39 Å². The molecule has 5 aromatic rings. The van der Waals surface area contributed by atoms with Crippen molar-refractivity contribution in [3.05, 3.63) is 77.6 Å². The molecule has 252 valence electrons. The number of piperidine rings is 1. The Balaban J connectivity index is 1.11. The van der Waals surface area contributed by atoms with E-state index in [9.17, 15) is 19.1 Å². The van der Waals surface area contributed by atoms with Crippen LogP contribution in [0.1, 0.15) is 46.4 Å². The number of carbonyl (C=O) groups is 2. The van der Waals surface area contributed by atoms with Crippen molar-refractivity contribution in [3.8, 4) is 23.0 Å². The van der Waals surface area contributed by atoms with Crippen molar-refractivity contribution >= 4 is 33.8 Å². The summed E-state index contributed by atoms with van der Waals surface area (Å²) in [7, 11) is 1.62. The number of phenols is 1. The van der Waals surface area contributed by atoms with Crippen molar-refractivity contribution in [2.45, 2.75) is 50.9 Å². The Labute approximate surface area is 282 Å². The molecule has 2 saturated carbocycles. The van der Waals surface area contributed by atoms with Gasteiger partial charge in [0.2, 0.25) is 0 Å². The predicted molar refractivity (Wildman–Crippen MR) is 183 cm³/mol. The molecule has 2 unspecified atom stereocenters. The van der Waals surface area contributed by atoms with Gasteiger partial charge >= 0.3 is 0 Å². The van der Waals surface area contributed by atoms with Gasteiger partial charge < -0.3 is 34.5 Å². The number of hydrogen-bond acceptors (Lipinski definition) is 6. The molecule has 2 saturated heterocycles. The molecule has 4 heterocycles. The van der Waals surface area contributed by atoms with Crippen LogP contribution in [-0.4, -0.2) is 79.7 Å². The number of amides is 2. The van der Waals surface area contributed by atoms with Crippen molar-refractivity contribution in [1.29, 1.82) is 0 Å². The number of phenolic OH excluding ortho intramolecular Hbond substituents is 1. The van der Waals surface area contributed by atoms with Gasteiger partial charge in [-0.25, -0.2) is 9.37 Å². The van der Waals surface area contributed by atoms with E-state index in [4.69, 9.17) is 15.5 Å². The van der Waals surface area contributed by atoms with E-state index in [1.807, 2.05) is 23.1 Å². The van der Waals surface area contributed by atoms with Crippen molar-refractivity contribution in [3.63, 3.8) is 0 Å². The van der Waals surface area contributed by atoms with Gasteiger partial charge in [-0.05, 0) is 73.9 Å². The van der Waals surface area contributed by atoms with Crippen LogP contribution in [0.2, 0.25) is 0 Å². The molecule has 3 N–H and O–H groups in total. The Bertz CT molecular complexity index is 2150. The molecule has 3 atom stereocenters. The zero-order valence-corrected chi connectivity index (χ0v) is 27.4. The summed E-state index contributed by atoms with van der Waals surface area (Å²) in [6.07, 6.45) is 4.41. The van der Waals surface area contributed by atoms with Gasteiger partial charge in [0.15, 0.2) is 5.82 Å². The third-order valence-corrected chi connectivity index (χ3v) is 11.2. The number of rotatable bonds is 8. The molecule has 4 aliphatic rings. The lowest BCUT2D eigenvalue weighted by Gasteiger charge is -2.40. The average molecular weight is 663 g/mol. The molecule has 2 aromatic heterocycles. The third kappa shape index (κ3) is 4.96. The molecule has 0 spiro atoms. The summed E-state index contributed by atoms with van der Waals surface area (Å²) in [6, 6.07) is 18.0. The number of hydrogen-bond donors (Lipinski definition) is 2. The van der Waals surface area contributed by atoms with Crippen LogP contribution in [0.25, 0.3) is 33.5 Å². The molecule has 2 amide bonds. The average Bonchev–Trinajstić information content (AvgIpc) is 3.43. The Hall–Kier alpha value is -4.90. The quantitative estimate of drug-likeness (QED) is 0.234. The molecule has 11 heteroatoms. The maximum absolute atomic E-state index is 14.5. The smallest absolute Gasteiger partial charge is 0.256 e. The first-order chi connectivity index (χ1) is 23.8. The molecule has 49 heavy (non-hydrogen) atoms. The zero-order chi connectivity index (χ0) is 33.6. The van der Waals surface area contributed by atoms with Gasteiger partial charge in [0.05, 0.1) is 23.9 Å². The highest BCUT2D eigenvalue weighted by atomic mass is 19.1. The first kappa shape index (κ1) is 30.2. The second-order valence-electron chi connectivity index (χ2n) is 14.4. The minimum Gasteiger partial charge on any atom is -0.508 e. The molecular weight excluding hydrogens is 623 g/mol. The number of fused-ring (bicyclic) bond motifs is 4. The first-order valence-electron chi connectivity index (χ1n) is 17.3. The first-order valence-corrected chi connectivity index (χ1v) is 17.3. The molecule has 2 bridgehead atoms. The number of nitrogens with zero attached hydrogens (tertiary/aromatic N) is 5. The summed E-state index contributed by atoms with van der Waals surface area (Å²) in [4.78, 5) is 35.9. The fourth-order valence-corrected chi connectivity index (χ4v) is 8.44. The number of imidazole rings is 1. The van der Waals surface area contributed by atoms with Crippen molar-refractivity contribution < 1.29 is 23.8 Å². The number of likely N-dealkylation sites (tertiary alicyclic amines) is 2. The molecule has 2 aliphatic carbocycles. The number of aromatic nitrogens is 3. The van der Waals surface area contributed by atoms with Gasteiger partial charge in [0.1, 0.15) is 22.8 Å². The number of halogens is 1. The van der Waals surface area contributed by atoms with E-state index in [2.05, 4.69) is 33.4 Å². The molecule has 9 rings (SSSR count). The van der Waals surface area contributed by atoms with Crippen LogP contribution in [0, 0.1) is 23.6 Å². The molecule has 4 fully saturated rings. The van der Waals surface area contributed by atoms with Crippen LogP contribution in [-0.2, 0) is 13.1 Å². The van der Waals surface area contributed by atoms with Crippen molar-refractivity contribution in [2.24, 2.45) is 23.5 Å². The number of nitrogens with two attached hydrogens (primary N) is 1. The van der Waals surface area contributed by atoms with E-state index in [0.29, 0.717) is 54.8 Å². The van der Waals surface area contributed by atoms with Crippen molar-refractivity contribution in [2.75, 3.05) is 26.7 Å². The van der Waals surface area contributed by atoms with E-state index in [0.717, 1.165) is 53.4 Å². The summed E-state index contributed by atoms with van der Waals surface area (Å²) >= 11 is 0. The highest BCUT2D eigenvalue weighted by molar-refractivity contribution is 6.01. The molecular formula is C38H39FN6O4. The molecule has 3 aromatic carbocycles. The van der Waals surface area contributed by atoms with Gasteiger partial charge in [-0.3, -0.25) is 9.59 Å². The van der Waals surface area contributed by atoms with Crippen LogP contribution in [0.15, 0.2) is 60.7 Å². The molecule has 2 aliphatic heterocycles. The summed E-state index contributed by atoms with van der Waals surface area (Å²) < 4.78 is 25.1. The number of para-hydroxylation sites is 1. The van der Waals surface area contributed by atoms with Gasteiger partial charge in [-0.15, -0.1) is 0 Å². The van der Waals surface area contributed by atoms with Crippen LogP contribution in [0.3, 0.4) is 0 Å². The van der Waals surface area contributed by atoms with Crippen LogP contribution in [0.5, 0.6) is 11.5 Å². The van der Waals surface area contributed by atoms with E-state index in [1.54, 1.807) is 12.0 Å². The lowest BCUT2D eigenvalue weighted by molar-refractivity contribution is 0.0466. The second-order valence-corrected chi connectivity index (χ2v) is 14.4. The topological polar surface area (TPSA) is 119 Å². The maximum Gasteiger partial charge on any atom is 0.256 e. The number of methoxy groups -OCH3 is 1. The summed E-state index contributed by atoms with van der Waals surface area (Å²) in [5.41, 5.74) is 10.6. The van der Waals surface area contributed by atoms with Gasteiger partial charge in [0, 0.05) is 73.3 Å². The minimum absolute atomic E-state index is 0.0215. The number of benzene rings is 3. The van der Waals surface area contributed by atoms with Crippen molar-refractivity contribution in [1.82, 2.24) is 23.9 Å². The number of ether oxygens (including phenoxy) is 1. The fourth-order valence-electron chi connectivity index (χ4n) is 8.44. The Morgan fingerprint density at radius 1 is 0.939 bits per heavy atom. The zero-order valence-electron chi connectivity index (χ0n) is 27.4. The molecule has 0 radical (unpaired) electrons. The van der Waals surface area contributed by atoms with Crippen LogP contribution >= 0.6 is 0 Å². The Morgan fingerprint density at radius 2 is 1.73 bits per heavy atom. The highest BCUT2D eigenvalue weighted by Crippen LogP contribution is 2.41. The normalized spacial score (nSPS) is 22.0. The third-order valence-electron chi connectivity index (χ3n) is 11.2. The summed E-state index contributed by atoms with van der Waals surface area (Å²) in [5.74, 6) is 1.000. The van der Waals surface area contributed by atoms with E-state index < -0.39 is 11.7 Å². The van der Waals surface area contributed by atoms with E-state index in [-0.39, 0.29) is 35.2 Å². The standard InChI is InChI=1S/C38H39FN6O4/c1-49-33-14-25(37(47)44-20-24-8-11-31(44)34(24)40)12-29-35(33)45(19-22-16-42(17-22)38(48)27-10-9-26(46)15-28(27)39)36(41-29)32-13-23-4-2-3-5-30(23)43(32)18-21-6-7-21/h2-5,9-10,12-15,21-22,24,31,34,46H,6-8,11,16-20,40H2,1H3/t24?,31?,34-/m1/s1. The largest absolute Gasteiger partial charge is 0.508 e. The van der Waals surface area contributed by atoms with Gasteiger partial charge in [-0.1, -0.05) is 18.2 Å². The second kappa shape index (κ2) is 11.3. The van der Waals surface area contributed by atoms with Crippen LogP contribution < -0.4 is 10.5 Å². The molecule has 10 nitrogen and oxygen atoms in total. The SMILES string of the molecule is COc1cc(C(=O)N2CC3CCC2[C@@H]3N)cc2nc(-c3cc4ccccc4n3CC3CC3)n(CC3CN(C(=O)c4ccc(O)cc4F)C3)c12.